The Hall–Kier alpha value is -2.65. The van der Waals surface area contributed by atoms with Crippen LogP contribution in [0.2, 0.25) is 0 Å². The Bertz CT molecular complexity index is 999. The van der Waals surface area contributed by atoms with Gasteiger partial charge in [0, 0.05) is 5.54 Å². The molecule has 1 heterocycles. The van der Waals surface area contributed by atoms with E-state index < -0.39 is 34.1 Å². The summed E-state index contributed by atoms with van der Waals surface area (Å²) in [6.45, 7) is 9.02. The largest absolute Gasteiger partial charge is 0.467 e. The van der Waals surface area contributed by atoms with Gasteiger partial charge in [-0.2, -0.15) is 0 Å². The zero-order valence-electron chi connectivity index (χ0n) is 19.3. The molecule has 2 amide bonds. The average molecular weight is 464 g/mol. The molecule has 1 aromatic carbocycles. The molecule has 9 heteroatoms. The maximum Gasteiger partial charge on any atom is 0.243 e. The number of nitrogens with one attached hydrogen (secondary N) is 2. The number of aryl methyl sites for hydroxylation is 1. The molecule has 0 spiro atoms. The summed E-state index contributed by atoms with van der Waals surface area (Å²) in [5.41, 5.74) is 0.494. The molecule has 1 unspecified atom stereocenters. The van der Waals surface area contributed by atoms with Crippen LogP contribution >= 0.6 is 0 Å². The van der Waals surface area contributed by atoms with E-state index in [9.17, 15) is 18.0 Å². The molecule has 1 atom stereocenters. The minimum absolute atomic E-state index is 0.0522. The van der Waals surface area contributed by atoms with Crippen LogP contribution in [0.15, 0.2) is 52.0 Å². The molecule has 8 nitrogen and oxygen atoms in total. The number of carbonyl (C=O) groups excluding carboxylic acids is 2. The summed E-state index contributed by atoms with van der Waals surface area (Å²) in [6, 6.07) is 8.97. The van der Waals surface area contributed by atoms with Crippen LogP contribution in [0.5, 0.6) is 0 Å². The molecule has 0 aliphatic carbocycles. The van der Waals surface area contributed by atoms with Crippen LogP contribution in [0.25, 0.3) is 0 Å². The highest BCUT2D eigenvalue weighted by Gasteiger charge is 2.32. The molecule has 0 radical (unpaired) electrons. The van der Waals surface area contributed by atoms with Crippen LogP contribution in [-0.2, 0) is 26.2 Å². The van der Waals surface area contributed by atoms with E-state index in [-0.39, 0.29) is 17.3 Å². The zero-order chi connectivity index (χ0) is 23.9. The minimum atomic E-state index is -3.87. The molecule has 32 heavy (non-hydrogen) atoms. The second kappa shape index (κ2) is 10.8. The van der Waals surface area contributed by atoms with Gasteiger partial charge in [0.2, 0.25) is 21.8 Å². The van der Waals surface area contributed by atoms with Gasteiger partial charge in [-0.05, 0) is 57.9 Å². The molecular formula is C23H33N3O5S. The van der Waals surface area contributed by atoms with Crippen molar-refractivity contribution >= 4 is 21.8 Å². The number of rotatable bonds is 11. The molecule has 1 aromatic heterocycles. The topological polar surface area (TPSA) is 109 Å². The molecule has 0 saturated heterocycles. The molecule has 2 rings (SSSR count). The van der Waals surface area contributed by atoms with Crippen molar-refractivity contribution in [3.05, 3.63) is 54.0 Å². The van der Waals surface area contributed by atoms with Crippen LogP contribution < -0.4 is 10.0 Å². The first-order chi connectivity index (χ1) is 15.0. The molecule has 0 aliphatic heterocycles. The van der Waals surface area contributed by atoms with E-state index in [0.29, 0.717) is 12.2 Å². The lowest BCUT2D eigenvalue weighted by molar-refractivity contribution is -0.141. The summed E-state index contributed by atoms with van der Waals surface area (Å²) >= 11 is 0. The highest BCUT2D eigenvalue weighted by Crippen LogP contribution is 2.16. The van der Waals surface area contributed by atoms with Crippen LogP contribution in [0.4, 0.5) is 0 Å². The Balaban J connectivity index is 2.21. The number of hydrogen-bond donors (Lipinski definition) is 2. The molecule has 0 bridgehead atoms. The van der Waals surface area contributed by atoms with Crippen molar-refractivity contribution in [1.29, 1.82) is 0 Å². The minimum Gasteiger partial charge on any atom is -0.467 e. The number of hydrogen-bond acceptors (Lipinski definition) is 5. The second-order valence-corrected chi connectivity index (χ2v) is 10.2. The Morgan fingerprint density at radius 3 is 2.31 bits per heavy atom. The Labute approximate surface area is 190 Å². The summed E-state index contributed by atoms with van der Waals surface area (Å²) < 4.78 is 32.9. The maximum atomic E-state index is 13.1. The average Bonchev–Trinajstić information content (AvgIpc) is 3.25. The monoisotopic (exact) mass is 463 g/mol. The molecule has 2 N–H and O–H groups in total. The summed E-state index contributed by atoms with van der Waals surface area (Å²) in [6.07, 6.45) is 2.57. The van der Waals surface area contributed by atoms with Gasteiger partial charge in [0.15, 0.2) is 0 Å². The number of benzene rings is 1. The van der Waals surface area contributed by atoms with Crippen LogP contribution in [-0.4, -0.2) is 43.3 Å². The fraction of sp³-hybridized carbons (Fsp3) is 0.478. The van der Waals surface area contributed by atoms with Gasteiger partial charge in [-0.15, -0.1) is 0 Å². The van der Waals surface area contributed by atoms with Crippen molar-refractivity contribution in [2.24, 2.45) is 0 Å². The molecule has 0 aliphatic rings. The van der Waals surface area contributed by atoms with Gasteiger partial charge < -0.3 is 14.6 Å². The third kappa shape index (κ3) is 6.93. The maximum absolute atomic E-state index is 13.1. The first-order valence-corrected chi connectivity index (χ1v) is 12.2. The van der Waals surface area contributed by atoms with Crippen LogP contribution in [0.3, 0.4) is 0 Å². The molecule has 176 valence electrons. The Morgan fingerprint density at radius 2 is 1.78 bits per heavy atom. The van der Waals surface area contributed by atoms with E-state index in [1.165, 1.54) is 23.3 Å². The Morgan fingerprint density at radius 1 is 1.12 bits per heavy atom. The second-order valence-electron chi connectivity index (χ2n) is 8.39. The molecular weight excluding hydrogens is 430 g/mol. The smallest absolute Gasteiger partial charge is 0.243 e. The van der Waals surface area contributed by atoms with E-state index in [0.717, 1.165) is 12.0 Å². The lowest BCUT2D eigenvalue weighted by atomic mass is 10.0. The predicted octanol–water partition coefficient (Wildman–Crippen LogP) is 2.98. The highest BCUT2D eigenvalue weighted by molar-refractivity contribution is 7.89. The van der Waals surface area contributed by atoms with Crippen molar-refractivity contribution < 1.29 is 22.4 Å². The van der Waals surface area contributed by atoms with E-state index in [1.807, 2.05) is 34.6 Å². The van der Waals surface area contributed by atoms with Gasteiger partial charge in [0.1, 0.15) is 11.8 Å². The van der Waals surface area contributed by atoms with Crippen molar-refractivity contribution in [2.75, 3.05) is 6.54 Å². The lowest BCUT2D eigenvalue weighted by Gasteiger charge is -2.33. The number of amides is 2. The van der Waals surface area contributed by atoms with Gasteiger partial charge in [0.05, 0.1) is 24.2 Å². The number of carbonyl (C=O) groups is 2. The van der Waals surface area contributed by atoms with Crippen molar-refractivity contribution in [3.8, 4) is 0 Å². The highest BCUT2D eigenvalue weighted by atomic mass is 32.2. The van der Waals surface area contributed by atoms with E-state index in [1.54, 1.807) is 24.3 Å². The zero-order valence-corrected chi connectivity index (χ0v) is 20.2. The van der Waals surface area contributed by atoms with Gasteiger partial charge in [0.25, 0.3) is 0 Å². The summed E-state index contributed by atoms with van der Waals surface area (Å²) in [7, 11) is -3.87. The molecule has 0 fully saturated rings. The standard InChI is InChI=1S/C23H33N3O5S/c1-6-20(22(28)25-23(4,5)7-2)26(16-18-9-8-14-31-18)21(27)15-24-32(29,30)19-12-10-17(3)11-13-19/h8-14,20,24H,6-7,15-16H2,1-5H3,(H,25,28). The first kappa shape index (κ1) is 25.6. The van der Waals surface area contributed by atoms with Gasteiger partial charge >= 0.3 is 0 Å². The lowest BCUT2D eigenvalue weighted by Crippen LogP contribution is -2.55. The summed E-state index contributed by atoms with van der Waals surface area (Å²) in [5, 5.41) is 2.97. The van der Waals surface area contributed by atoms with E-state index >= 15 is 0 Å². The van der Waals surface area contributed by atoms with E-state index in [4.69, 9.17) is 4.42 Å². The third-order valence-corrected chi connectivity index (χ3v) is 6.80. The summed E-state index contributed by atoms with van der Waals surface area (Å²) in [4.78, 5) is 27.6. The van der Waals surface area contributed by atoms with Gasteiger partial charge in [-0.25, -0.2) is 13.1 Å². The van der Waals surface area contributed by atoms with E-state index in [2.05, 4.69) is 10.0 Å². The molecule has 0 saturated carbocycles. The quantitative estimate of drug-likeness (QED) is 0.533. The summed E-state index contributed by atoms with van der Waals surface area (Å²) in [5.74, 6) is -0.310. The fourth-order valence-corrected chi connectivity index (χ4v) is 4.03. The first-order valence-electron chi connectivity index (χ1n) is 10.7. The SMILES string of the molecule is CCC(C(=O)NC(C)(C)CC)N(Cc1ccco1)C(=O)CNS(=O)(=O)c1ccc(C)cc1. The molecule has 2 aromatic rings. The number of furan rings is 1. The number of sulfonamides is 1. The third-order valence-electron chi connectivity index (χ3n) is 5.38. The van der Waals surface area contributed by atoms with Crippen LogP contribution in [0.1, 0.15) is 51.9 Å². The van der Waals surface area contributed by atoms with Gasteiger partial charge in [-0.1, -0.05) is 31.5 Å². The van der Waals surface area contributed by atoms with Crippen molar-refractivity contribution in [1.82, 2.24) is 14.9 Å². The van der Waals surface area contributed by atoms with Gasteiger partial charge in [-0.3, -0.25) is 9.59 Å². The predicted molar refractivity (Wildman–Crippen MR) is 122 cm³/mol. The van der Waals surface area contributed by atoms with Crippen molar-refractivity contribution in [2.45, 2.75) is 70.5 Å². The normalized spacial score (nSPS) is 12.9. The van der Waals surface area contributed by atoms with Crippen molar-refractivity contribution in [3.63, 3.8) is 0 Å². The number of nitrogens with zero attached hydrogens (tertiary/aromatic N) is 1. The Kier molecular flexibility index (Phi) is 8.63. The van der Waals surface area contributed by atoms with Crippen LogP contribution in [0, 0.1) is 6.92 Å². The fourth-order valence-electron chi connectivity index (χ4n) is 3.05.